The van der Waals surface area contributed by atoms with Crippen molar-refractivity contribution in [3.8, 4) is 0 Å². The quantitative estimate of drug-likeness (QED) is 0.740. The second-order valence-corrected chi connectivity index (χ2v) is 5.04. The van der Waals surface area contributed by atoms with Gasteiger partial charge in [0, 0.05) is 0 Å². The average Bonchev–Trinajstić information content (AvgIpc) is 2.82. The van der Waals surface area contributed by atoms with Crippen molar-refractivity contribution in [3.05, 3.63) is 0 Å². The van der Waals surface area contributed by atoms with E-state index in [-0.39, 0.29) is 37.0 Å². The van der Waals surface area contributed by atoms with E-state index in [0.29, 0.717) is 0 Å². The van der Waals surface area contributed by atoms with Gasteiger partial charge in [0.2, 0.25) is 0 Å². The first kappa shape index (κ1) is 16.0. The largest absolute Gasteiger partial charge is 0.469 e. The van der Waals surface area contributed by atoms with E-state index in [0.717, 1.165) is 19.3 Å². The van der Waals surface area contributed by atoms with Crippen LogP contribution in [-0.4, -0.2) is 37.4 Å². The summed E-state index contributed by atoms with van der Waals surface area (Å²) < 4.78 is 9.88. The zero-order valence-corrected chi connectivity index (χ0v) is 11.9. The molecule has 0 heterocycles. The molecule has 0 aromatic carbocycles. The number of carbonyl (C=O) groups is 2. The first-order chi connectivity index (χ1) is 9.10. The number of ether oxygens (including phenoxy) is 2. The second kappa shape index (κ2) is 7.48. The van der Waals surface area contributed by atoms with Gasteiger partial charge in [0.05, 0.1) is 25.6 Å². The highest BCUT2D eigenvalue weighted by Crippen LogP contribution is 2.45. The van der Waals surface area contributed by atoms with Crippen molar-refractivity contribution >= 4 is 11.9 Å². The average molecular weight is 272 g/mol. The Morgan fingerprint density at radius 1 is 1.11 bits per heavy atom. The molecule has 0 aliphatic heterocycles. The zero-order chi connectivity index (χ0) is 14.4. The van der Waals surface area contributed by atoms with Gasteiger partial charge in [-0.05, 0) is 18.3 Å². The molecular weight excluding hydrogens is 248 g/mol. The van der Waals surface area contributed by atoms with Crippen LogP contribution in [0.1, 0.15) is 33.1 Å². The molecule has 1 fully saturated rings. The molecule has 0 radical (unpaired) electrons. The summed E-state index contributed by atoms with van der Waals surface area (Å²) in [6.07, 6.45) is 2.54. The van der Waals surface area contributed by atoms with Crippen LogP contribution in [0.5, 0.6) is 0 Å². The van der Waals surface area contributed by atoms with E-state index >= 15 is 0 Å². The van der Waals surface area contributed by atoms with Crippen LogP contribution in [0.4, 0.5) is 0 Å². The molecule has 1 N–H and O–H groups in total. The molecule has 1 aliphatic carbocycles. The third-order valence-electron chi connectivity index (χ3n) is 4.14. The highest BCUT2D eigenvalue weighted by molar-refractivity contribution is 5.83. The fourth-order valence-electron chi connectivity index (χ4n) is 3.17. The summed E-state index contributed by atoms with van der Waals surface area (Å²) in [4.78, 5) is 24.1. The van der Waals surface area contributed by atoms with Crippen LogP contribution >= 0.6 is 0 Å². The lowest BCUT2D eigenvalue weighted by molar-refractivity contribution is -0.161. The molecule has 5 nitrogen and oxygen atoms in total. The van der Waals surface area contributed by atoms with Crippen LogP contribution in [0, 0.1) is 23.7 Å². The van der Waals surface area contributed by atoms with Gasteiger partial charge in [-0.1, -0.05) is 26.7 Å². The minimum atomic E-state index is -0.436. The van der Waals surface area contributed by atoms with Gasteiger partial charge >= 0.3 is 11.9 Å². The lowest BCUT2D eigenvalue weighted by atomic mass is 9.85. The molecule has 4 unspecified atom stereocenters. The number of carbonyl (C=O) groups excluding carboxylic acids is 2. The maximum absolute atomic E-state index is 12.1. The van der Waals surface area contributed by atoms with E-state index in [9.17, 15) is 9.59 Å². The molecule has 0 spiro atoms. The summed E-state index contributed by atoms with van der Waals surface area (Å²) in [6.45, 7) is 3.82. The van der Waals surface area contributed by atoms with Crippen LogP contribution in [0.2, 0.25) is 0 Å². The fraction of sp³-hybridized carbons (Fsp3) is 0.857. The van der Waals surface area contributed by atoms with E-state index in [1.54, 1.807) is 0 Å². The molecule has 0 saturated heterocycles. The molecule has 1 aliphatic rings. The lowest BCUT2D eigenvalue weighted by Crippen LogP contribution is -2.34. The Labute approximate surface area is 114 Å². The molecule has 19 heavy (non-hydrogen) atoms. The Morgan fingerprint density at radius 2 is 1.63 bits per heavy atom. The molecule has 4 atom stereocenters. The molecule has 5 heteroatoms. The van der Waals surface area contributed by atoms with E-state index in [1.807, 2.05) is 13.8 Å². The zero-order valence-electron chi connectivity index (χ0n) is 11.9. The third-order valence-corrected chi connectivity index (χ3v) is 4.14. The van der Waals surface area contributed by atoms with E-state index in [4.69, 9.17) is 14.6 Å². The number of rotatable bonds is 6. The predicted molar refractivity (Wildman–Crippen MR) is 69.2 cm³/mol. The molecule has 110 valence electrons. The van der Waals surface area contributed by atoms with E-state index in [2.05, 4.69) is 0 Å². The first-order valence-corrected chi connectivity index (χ1v) is 6.95. The number of methoxy groups -OCH3 is 1. The summed E-state index contributed by atoms with van der Waals surface area (Å²) in [7, 11) is 1.35. The number of esters is 2. The van der Waals surface area contributed by atoms with Crippen LogP contribution in [0.15, 0.2) is 0 Å². The molecule has 1 rings (SSSR count). The third kappa shape index (κ3) is 3.47. The SMILES string of the molecule is CCC1CC(CC)C(C(=O)OCCO)C1C(=O)OC. The van der Waals surface area contributed by atoms with Crippen molar-refractivity contribution in [1.82, 2.24) is 0 Å². The highest BCUT2D eigenvalue weighted by atomic mass is 16.5. The molecular formula is C14H24O5. The van der Waals surface area contributed by atoms with Crippen molar-refractivity contribution in [2.45, 2.75) is 33.1 Å². The van der Waals surface area contributed by atoms with Gasteiger partial charge in [-0.15, -0.1) is 0 Å². The molecule has 0 bridgehead atoms. The van der Waals surface area contributed by atoms with E-state index in [1.165, 1.54) is 7.11 Å². The topological polar surface area (TPSA) is 72.8 Å². The van der Waals surface area contributed by atoms with Gasteiger partial charge in [0.1, 0.15) is 6.61 Å². The first-order valence-electron chi connectivity index (χ1n) is 6.95. The van der Waals surface area contributed by atoms with Gasteiger partial charge in [-0.2, -0.15) is 0 Å². The Kier molecular flexibility index (Phi) is 6.28. The predicted octanol–water partition coefficient (Wildman–Crippen LogP) is 1.38. The standard InChI is InChI=1S/C14H24O5/c1-4-9-8-10(5-2)12(11(9)13(16)18-3)14(17)19-7-6-15/h9-12,15H,4-8H2,1-3H3. The van der Waals surface area contributed by atoms with Crippen LogP contribution < -0.4 is 0 Å². The number of hydrogen-bond acceptors (Lipinski definition) is 5. The second-order valence-electron chi connectivity index (χ2n) is 5.04. The van der Waals surface area contributed by atoms with Crippen molar-refractivity contribution in [3.63, 3.8) is 0 Å². The van der Waals surface area contributed by atoms with Crippen molar-refractivity contribution in [2.75, 3.05) is 20.3 Å². The molecule has 1 saturated carbocycles. The van der Waals surface area contributed by atoms with Crippen LogP contribution in [-0.2, 0) is 19.1 Å². The smallest absolute Gasteiger partial charge is 0.310 e. The maximum Gasteiger partial charge on any atom is 0.310 e. The Bertz CT molecular complexity index is 315. The van der Waals surface area contributed by atoms with Crippen molar-refractivity contribution < 1.29 is 24.2 Å². The van der Waals surface area contributed by atoms with Crippen LogP contribution in [0.25, 0.3) is 0 Å². The minimum Gasteiger partial charge on any atom is -0.469 e. The summed E-state index contributed by atoms with van der Waals surface area (Å²) in [6, 6.07) is 0. The van der Waals surface area contributed by atoms with Crippen molar-refractivity contribution in [1.29, 1.82) is 0 Å². The number of aliphatic hydroxyl groups is 1. The molecule has 0 aromatic rings. The highest BCUT2D eigenvalue weighted by Gasteiger charge is 2.50. The minimum absolute atomic E-state index is 0.0174. The van der Waals surface area contributed by atoms with Crippen molar-refractivity contribution in [2.24, 2.45) is 23.7 Å². The summed E-state index contributed by atoms with van der Waals surface area (Å²) in [5.74, 6) is -1.23. The summed E-state index contributed by atoms with van der Waals surface area (Å²) in [5, 5.41) is 8.73. The Morgan fingerprint density at radius 3 is 2.05 bits per heavy atom. The summed E-state index contributed by atoms with van der Waals surface area (Å²) in [5.41, 5.74) is 0. The Hall–Kier alpha value is -1.10. The number of hydrogen-bond donors (Lipinski definition) is 1. The van der Waals surface area contributed by atoms with Gasteiger partial charge in [-0.25, -0.2) is 0 Å². The lowest BCUT2D eigenvalue weighted by Gasteiger charge is -2.22. The Balaban J connectivity index is 2.91. The van der Waals surface area contributed by atoms with Gasteiger partial charge in [-0.3, -0.25) is 9.59 Å². The van der Waals surface area contributed by atoms with Crippen LogP contribution in [0.3, 0.4) is 0 Å². The maximum atomic E-state index is 12.1. The van der Waals surface area contributed by atoms with Gasteiger partial charge in [0.15, 0.2) is 0 Å². The van der Waals surface area contributed by atoms with Gasteiger partial charge < -0.3 is 14.6 Å². The number of aliphatic hydroxyl groups excluding tert-OH is 1. The summed E-state index contributed by atoms with van der Waals surface area (Å²) >= 11 is 0. The fourth-order valence-corrected chi connectivity index (χ4v) is 3.17. The monoisotopic (exact) mass is 272 g/mol. The van der Waals surface area contributed by atoms with Gasteiger partial charge in [0.25, 0.3) is 0 Å². The molecule has 0 aromatic heterocycles. The van der Waals surface area contributed by atoms with E-state index < -0.39 is 11.8 Å². The molecule has 0 amide bonds. The normalized spacial score (nSPS) is 30.1.